The summed E-state index contributed by atoms with van der Waals surface area (Å²) in [5.41, 5.74) is 12.3. The van der Waals surface area contributed by atoms with Gasteiger partial charge in [0.15, 0.2) is 0 Å². The summed E-state index contributed by atoms with van der Waals surface area (Å²) < 4.78 is 8.87. The summed E-state index contributed by atoms with van der Waals surface area (Å²) in [6.45, 7) is 20.4. The normalized spacial score (nSPS) is 11.9. The van der Waals surface area contributed by atoms with Gasteiger partial charge in [0.25, 0.3) is 0 Å². The third kappa shape index (κ3) is 7.83. The number of aryl methyl sites for hydroxylation is 2. The molecule has 0 saturated carbocycles. The Morgan fingerprint density at radius 1 is 0.726 bits per heavy atom. The molecule has 4 aromatic heterocycles. The van der Waals surface area contributed by atoms with Crippen LogP contribution in [0.2, 0.25) is 19.6 Å². The summed E-state index contributed by atoms with van der Waals surface area (Å²) in [5.74, 6) is 1.75. The fourth-order valence-corrected chi connectivity index (χ4v) is 10.6. The van der Waals surface area contributed by atoms with Crippen LogP contribution in [-0.4, -0.2) is 27.6 Å². The molecule has 1 radical (unpaired) electrons. The van der Waals surface area contributed by atoms with Gasteiger partial charge in [0, 0.05) is 42.8 Å². The van der Waals surface area contributed by atoms with Crippen LogP contribution in [0.3, 0.4) is 0 Å². The van der Waals surface area contributed by atoms with Crippen LogP contribution in [0.25, 0.3) is 83.0 Å². The smallest absolute Gasteiger partial charge is 0.216 e. The number of hydrogen-bond acceptors (Lipinski definition) is 4. The molecule has 0 fully saturated rings. The Hall–Kier alpha value is -5.72. The molecule has 0 amide bonds. The van der Waals surface area contributed by atoms with E-state index < -0.39 is 8.07 Å². The fourth-order valence-electron chi connectivity index (χ4n) is 9.00. The van der Waals surface area contributed by atoms with E-state index in [2.05, 4.69) is 173 Å². The van der Waals surface area contributed by atoms with Gasteiger partial charge >= 0.3 is 0 Å². The maximum atomic E-state index is 6.53. The van der Waals surface area contributed by atoms with E-state index in [1.807, 2.05) is 37.3 Å². The van der Waals surface area contributed by atoms with E-state index in [0.717, 1.165) is 73.4 Å². The Labute approximate surface area is 379 Å². The number of hydrogen-bond donors (Lipinski definition) is 0. The molecule has 4 heterocycles. The van der Waals surface area contributed by atoms with Gasteiger partial charge in [-0.3, -0.25) is 4.98 Å². The zero-order chi connectivity index (χ0) is 42.6. The van der Waals surface area contributed by atoms with Gasteiger partial charge in [-0.15, -0.1) is 53.6 Å². The van der Waals surface area contributed by atoms with Gasteiger partial charge in [0.05, 0.1) is 36.2 Å². The first-order chi connectivity index (χ1) is 29.4. The quantitative estimate of drug-likeness (QED) is 0.0907. The number of aromatic nitrogens is 4. The Balaban J connectivity index is 0.000000214. The van der Waals surface area contributed by atoms with Crippen molar-refractivity contribution in [1.29, 1.82) is 0 Å². The van der Waals surface area contributed by atoms with Crippen LogP contribution in [0.5, 0.6) is 0 Å². The first-order valence-electron chi connectivity index (χ1n) is 21.5. The molecule has 0 N–H and O–H groups in total. The van der Waals surface area contributed by atoms with Crippen LogP contribution >= 0.6 is 0 Å². The SMILES string of the molecule is CC(C)Cc1cc(-c2[c-]cccc2)ncc1[Si](C)(C)C.Cc1ccc2c(n1)oc1c(-c3nc4ccccc4n3-c3c(C(C)C)c4ccccc4c4ccccc34)[c-]cc(C)c12.[Ir]. The van der Waals surface area contributed by atoms with Crippen LogP contribution in [-0.2, 0) is 26.5 Å². The molecule has 0 saturated heterocycles. The summed E-state index contributed by atoms with van der Waals surface area (Å²) in [4.78, 5) is 14.7. The second kappa shape index (κ2) is 17.2. The first kappa shape index (κ1) is 42.9. The molecule has 0 aliphatic heterocycles. The van der Waals surface area contributed by atoms with Gasteiger partial charge in [0.2, 0.25) is 5.71 Å². The number of nitrogens with zero attached hydrogens (tertiary/aromatic N) is 4. The van der Waals surface area contributed by atoms with Crippen molar-refractivity contribution in [3.8, 4) is 28.3 Å². The van der Waals surface area contributed by atoms with Gasteiger partial charge in [-0.05, 0) is 82.0 Å². The standard InChI is InChI=1S/C37H28N3O.C18H24NSi.Ir/c1-21(2)32-26-13-7-5-11-24(26)25-12-6-8-14-27(25)34(32)40-31-16-10-9-15-30(31)39-36(40)29-19-17-22(3)33-28-20-18-23(4)38-37(28)41-35(29)33;1-14(2)11-16-12-17(15-9-7-6-8-10-15)19-13-18(16)20(3,4)5;/h5-18,20-21H,1-4H3;6-9,12-14H,11H2,1-5H3;/q2*-1;. The number of imidazole rings is 1. The molecule has 0 aliphatic carbocycles. The van der Waals surface area contributed by atoms with Crippen LogP contribution in [0.4, 0.5) is 0 Å². The minimum Gasteiger partial charge on any atom is -0.486 e. The largest absolute Gasteiger partial charge is 0.486 e. The third-order valence-corrected chi connectivity index (χ3v) is 13.8. The van der Waals surface area contributed by atoms with E-state index in [9.17, 15) is 0 Å². The van der Waals surface area contributed by atoms with Crippen molar-refractivity contribution in [2.75, 3.05) is 0 Å². The number of benzene rings is 6. The van der Waals surface area contributed by atoms with Crippen molar-refractivity contribution in [2.45, 2.75) is 73.5 Å². The summed E-state index contributed by atoms with van der Waals surface area (Å²) >= 11 is 0. The molecule has 62 heavy (non-hydrogen) atoms. The maximum Gasteiger partial charge on any atom is 0.216 e. The Morgan fingerprint density at radius 3 is 2.10 bits per heavy atom. The van der Waals surface area contributed by atoms with E-state index >= 15 is 0 Å². The van der Waals surface area contributed by atoms with E-state index in [-0.39, 0.29) is 26.0 Å². The molecule has 5 nitrogen and oxygen atoms in total. The van der Waals surface area contributed by atoms with Crippen molar-refractivity contribution < 1.29 is 24.5 Å². The zero-order valence-electron chi connectivity index (χ0n) is 37.0. The van der Waals surface area contributed by atoms with Crippen LogP contribution in [0.15, 0.2) is 132 Å². The number of pyridine rings is 2. The molecule has 313 valence electrons. The number of fused-ring (bicyclic) bond motifs is 7. The molecule has 0 bridgehead atoms. The van der Waals surface area contributed by atoms with Gasteiger partial charge in [0.1, 0.15) is 0 Å². The van der Waals surface area contributed by atoms with Crippen LogP contribution in [0, 0.1) is 31.9 Å². The van der Waals surface area contributed by atoms with Crippen molar-refractivity contribution in [1.82, 2.24) is 19.5 Å². The van der Waals surface area contributed by atoms with Crippen molar-refractivity contribution in [3.05, 3.63) is 162 Å². The molecule has 7 heteroatoms. The minimum atomic E-state index is -1.34. The van der Waals surface area contributed by atoms with Gasteiger partial charge < -0.3 is 14.0 Å². The predicted octanol–water partition coefficient (Wildman–Crippen LogP) is 14.1. The second-order valence-electron chi connectivity index (χ2n) is 18.1. The molecule has 0 spiro atoms. The fraction of sp³-hybridized carbons (Fsp3) is 0.218. The number of furan rings is 1. The van der Waals surface area contributed by atoms with E-state index in [0.29, 0.717) is 11.6 Å². The molecule has 10 rings (SSSR count). The molecular formula is C55H52IrN4OSi-2. The molecule has 10 aromatic rings. The van der Waals surface area contributed by atoms with Crippen molar-refractivity contribution in [3.63, 3.8) is 0 Å². The minimum absolute atomic E-state index is 0. The molecular weight excluding hydrogens is 953 g/mol. The monoisotopic (exact) mass is 1010 g/mol. The first-order valence-corrected chi connectivity index (χ1v) is 25.0. The second-order valence-corrected chi connectivity index (χ2v) is 23.1. The summed E-state index contributed by atoms with van der Waals surface area (Å²) in [5, 5.41) is 8.53. The van der Waals surface area contributed by atoms with Gasteiger partial charge in [-0.25, -0.2) is 4.98 Å². The summed E-state index contributed by atoms with van der Waals surface area (Å²) in [6, 6.07) is 49.3. The topological polar surface area (TPSA) is 56.7 Å². The average molecular weight is 1010 g/mol. The molecule has 0 unspecified atom stereocenters. The van der Waals surface area contributed by atoms with E-state index in [1.165, 1.54) is 37.9 Å². The van der Waals surface area contributed by atoms with Crippen molar-refractivity contribution in [2.24, 2.45) is 5.92 Å². The van der Waals surface area contributed by atoms with Crippen molar-refractivity contribution >= 4 is 67.9 Å². The van der Waals surface area contributed by atoms with Crippen LogP contribution < -0.4 is 5.19 Å². The van der Waals surface area contributed by atoms with Gasteiger partial charge in [-0.1, -0.05) is 138 Å². The average Bonchev–Trinajstić information content (AvgIpc) is 3.82. The Morgan fingerprint density at radius 2 is 1.40 bits per heavy atom. The third-order valence-electron chi connectivity index (χ3n) is 11.7. The molecule has 6 aromatic carbocycles. The summed E-state index contributed by atoms with van der Waals surface area (Å²) in [6.07, 6.45) is 3.24. The predicted molar refractivity (Wildman–Crippen MR) is 259 cm³/mol. The Kier molecular flexibility index (Phi) is 11.9. The zero-order valence-corrected chi connectivity index (χ0v) is 40.4. The number of rotatable bonds is 7. The Bertz CT molecular complexity index is 3250. The maximum absolute atomic E-state index is 6.53. The van der Waals surface area contributed by atoms with E-state index in [1.54, 1.807) is 0 Å². The molecule has 0 atom stereocenters. The summed E-state index contributed by atoms with van der Waals surface area (Å²) in [7, 11) is -1.34. The number of para-hydroxylation sites is 2. The van der Waals surface area contributed by atoms with E-state index in [4.69, 9.17) is 14.4 Å². The molecule has 0 aliphatic rings. The van der Waals surface area contributed by atoms with Gasteiger partial charge in [-0.2, -0.15) is 0 Å². The van der Waals surface area contributed by atoms with Crippen LogP contribution in [0.1, 0.15) is 56.0 Å².